The van der Waals surface area contributed by atoms with Crippen molar-refractivity contribution in [2.45, 2.75) is 188 Å². The van der Waals surface area contributed by atoms with E-state index in [9.17, 15) is 57.5 Å². The fourth-order valence-electron chi connectivity index (χ4n) is 8.28. The maximum absolute atomic E-state index is 12.2. The number of ketones is 4. The molecule has 3 fully saturated rings. The molecule has 3 aliphatic rings. The first-order valence-corrected chi connectivity index (χ1v) is 29.2. The van der Waals surface area contributed by atoms with Crippen molar-refractivity contribution in [1.29, 1.82) is 0 Å². The molecule has 0 aliphatic carbocycles. The molecule has 0 bridgehead atoms. The van der Waals surface area contributed by atoms with E-state index in [1.54, 1.807) is 0 Å². The lowest BCUT2D eigenvalue weighted by atomic mass is 9.94. The Bertz CT molecular complexity index is 1990. The van der Waals surface area contributed by atoms with Gasteiger partial charge in [0.2, 0.25) is 47.3 Å². The highest BCUT2D eigenvalue weighted by atomic mass is 16.5. The minimum absolute atomic E-state index is 0.0109. The van der Waals surface area contributed by atoms with Gasteiger partial charge in [0.1, 0.15) is 24.0 Å². The van der Waals surface area contributed by atoms with Gasteiger partial charge in [-0.15, -0.1) is 0 Å². The van der Waals surface area contributed by atoms with Gasteiger partial charge in [0.15, 0.2) is 5.78 Å². The van der Waals surface area contributed by atoms with Gasteiger partial charge in [-0.2, -0.15) is 0 Å². The highest BCUT2D eigenvalue weighted by Gasteiger charge is 2.42. The van der Waals surface area contributed by atoms with Crippen LogP contribution in [0.5, 0.6) is 0 Å². The predicted molar refractivity (Wildman–Crippen MR) is 302 cm³/mol. The zero-order valence-corrected chi connectivity index (χ0v) is 51.3. The largest absolute Gasteiger partial charge is 0.377 e. The molecule has 0 radical (unpaired) electrons. The summed E-state index contributed by atoms with van der Waals surface area (Å²) in [4.78, 5) is 144. The molecule has 0 aromatic heterocycles. The first kappa shape index (κ1) is 74.0. The minimum Gasteiger partial charge on any atom is -0.377 e. The summed E-state index contributed by atoms with van der Waals surface area (Å²) in [7, 11) is 0. The second-order valence-electron chi connectivity index (χ2n) is 23.7. The van der Waals surface area contributed by atoms with Crippen LogP contribution in [0.1, 0.15) is 188 Å². The van der Waals surface area contributed by atoms with Gasteiger partial charge in [0.05, 0.1) is 19.8 Å². The molecule has 3 aliphatic heterocycles. The Labute approximate surface area is 473 Å². The van der Waals surface area contributed by atoms with Crippen LogP contribution in [0.25, 0.3) is 0 Å². The number of rotatable bonds is 33. The summed E-state index contributed by atoms with van der Waals surface area (Å²) in [5, 5.41) is 5.50. The number of imide groups is 3. The van der Waals surface area contributed by atoms with Crippen LogP contribution in [0.3, 0.4) is 0 Å². The fourth-order valence-corrected chi connectivity index (χ4v) is 8.28. The van der Waals surface area contributed by atoms with Crippen molar-refractivity contribution in [2.75, 3.05) is 59.2 Å². The normalized spacial score (nSPS) is 17.4. The van der Waals surface area contributed by atoms with E-state index in [0.717, 1.165) is 25.7 Å². The van der Waals surface area contributed by atoms with E-state index in [0.29, 0.717) is 77.5 Å². The Morgan fingerprint density at radius 3 is 1.20 bits per heavy atom. The maximum atomic E-state index is 12.2. The molecule has 19 nitrogen and oxygen atoms in total. The summed E-state index contributed by atoms with van der Waals surface area (Å²) in [6.45, 7) is 33.5. The first-order valence-electron chi connectivity index (χ1n) is 29.2. The van der Waals surface area contributed by atoms with Crippen LogP contribution in [0.2, 0.25) is 0 Å². The van der Waals surface area contributed by atoms with Gasteiger partial charge >= 0.3 is 0 Å². The lowest BCUT2D eigenvalue weighted by molar-refractivity contribution is -0.142. The Balaban J connectivity index is 0.00000105. The Hall–Kier alpha value is -5.04. The van der Waals surface area contributed by atoms with Crippen LogP contribution in [0.15, 0.2) is 0 Å². The maximum Gasteiger partial charge on any atom is 0.233 e. The van der Waals surface area contributed by atoms with Gasteiger partial charge in [0, 0.05) is 126 Å². The molecular formula is C60H103N5O14. The fraction of sp³-hybridized carbons (Fsp3) is 0.800. The zero-order valence-electron chi connectivity index (χ0n) is 51.3. The molecule has 0 spiro atoms. The molecule has 452 valence electrons. The Morgan fingerprint density at radius 2 is 0.797 bits per heavy atom. The SMILES string of the molecule is CC(C)C(=O)CCCCCN1C(=O)CC(C(C)C)C1=O.CC(C)C(=O)CCN1C(=O)CC(C(C)C)C1=O.CC(C)C(=O)COCCOCCNC(=O)CCN1C(=O)CC(C(C)C)C1=O.CC(C)CC(=O)NCCCC(=O)C(C)C. The van der Waals surface area contributed by atoms with E-state index < -0.39 is 0 Å². The number of ether oxygens (including phenoxy) is 2. The molecule has 3 rings (SSSR count). The Kier molecular flexibility index (Phi) is 36.9. The van der Waals surface area contributed by atoms with Crippen molar-refractivity contribution in [3.63, 3.8) is 0 Å². The van der Waals surface area contributed by atoms with Crippen molar-refractivity contribution < 1.29 is 67.0 Å². The van der Waals surface area contributed by atoms with Crippen LogP contribution < -0.4 is 10.6 Å². The molecule has 3 heterocycles. The van der Waals surface area contributed by atoms with Gasteiger partial charge in [-0.1, -0.05) is 117 Å². The lowest BCUT2D eigenvalue weighted by Gasteiger charge is -2.16. The summed E-state index contributed by atoms with van der Waals surface area (Å²) in [5.41, 5.74) is 0. The van der Waals surface area contributed by atoms with Gasteiger partial charge in [-0.25, -0.2) is 0 Å². The molecule has 3 atom stereocenters. The van der Waals surface area contributed by atoms with Crippen molar-refractivity contribution in [2.24, 2.45) is 65.1 Å². The molecule has 0 saturated carbocycles. The van der Waals surface area contributed by atoms with E-state index in [4.69, 9.17) is 9.47 Å². The number of nitrogens with zero attached hydrogens (tertiary/aromatic N) is 3. The average molecular weight is 1120 g/mol. The third-order valence-electron chi connectivity index (χ3n) is 14.0. The van der Waals surface area contributed by atoms with E-state index in [1.807, 2.05) is 111 Å². The topological polar surface area (TPSA) is 257 Å². The first-order chi connectivity index (χ1) is 36.8. The predicted octanol–water partition coefficient (Wildman–Crippen LogP) is 7.37. The average Bonchev–Trinajstić information content (AvgIpc) is 3.94. The summed E-state index contributed by atoms with van der Waals surface area (Å²) in [6.07, 6.45) is 6.29. The van der Waals surface area contributed by atoms with Crippen molar-refractivity contribution in [3.8, 4) is 0 Å². The van der Waals surface area contributed by atoms with E-state index in [2.05, 4.69) is 10.6 Å². The summed E-state index contributed by atoms with van der Waals surface area (Å²) < 4.78 is 10.5. The molecule has 3 saturated heterocycles. The number of likely N-dealkylation sites (tertiary alicyclic amines) is 3. The second-order valence-corrected chi connectivity index (χ2v) is 23.7. The Morgan fingerprint density at radius 1 is 0.418 bits per heavy atom. The molecule has 3 unspecified atom stereocenters. The highest BCUT2D eigenvalue weighted by molar-refractivity contribution is 6.05. The van der Waals surface area contributed by atoms with Gasteiger partial charge in [-0.3, -0.25) is 72.2 Å². The van der Waals surface area contributed by atoms with Gasteiger partial charge in [0.25, 0.3) is 0 Å². The molecule has 19 heteroatoms. The van der Waals surface area contributed by atoms with Gasteiger partial charge < -0.3 is 20.1 Å². The van der Waals surface area contributed by atoms with E-state index in [1.165, 1.54) is 14.7 Å². The lowest BCUT2D eigenvalue weighted by Crippen LogP contribution is -2.36. The van der Waals surface area contributed by atoms with Crippen LogP contribution in [-0.2, 0) is 67.0 Å². The third kappa shape index (κ3) is 29.8. The number of hydrogen-bond acceptors (Lipinski definition) is 14. The number of carbonyl (C=O) groups excluding carboxylic acids is 12. The molecule has 0 aromatic carbocycles. The number of nitrogens with one attached hydrogen (secondary N) is 2. The molecule has 0 aromatic rings. The number of unbranched alkanes of at least 4 members (excludes halogenated alkanes) is 2. The quantitative estimate of drug-likeness (QED) is 0.0481. The monoisotopic (exact) mass is 1120 g/mol. The van der Waals surface area contributed by atoms with Crippen molar-refractivity contribution in [3.05, 3.63) is 0 Å². The highest BCUT2D eigenvalue weighted by Crippen LogP contribution is 2.29. The third-order valence-corrected chi connectivity index (χ3v) is 14.0. The second kappa shape index (κ2) is 39.4. The van der Waals surface area contributed by atoms with Crippen LogP contribution >= 0.6 is 0 Å². The summed E-state index contributed by atoms with van der Waals surface area (Å²) >= 11 is 0. The number of hydrogen-bond donors (Lipinski definition) is 2. The number of amides is 8. The standard InChI is InChI=1S/C19H32N2O6.C16H27NO3.C13H21NO3.C12H23NO2/c1-13(2)15-11-18(24)21(19(15)25)7-5-17(23)20-6-8-26-9-10-27-12-16(22)14(3)4;1-11(2)13-10-15(19)17(16(13)20)9-7-5-6-8-14(18)12(3)4;1-8(2)10-7-12(16)14(13(10)17)6-5-11(15)9(3)4;1-9(2)8-12(15)13-7-5-6-11(14)10(3)4/h13-15H,5-12H2,1-4H3,(H,20,23);11-13H,5-10H2,1-4H3;8-10H,5-7H2,1-4H3;9-10H,5-8H2,1-4H3,(H,13,15). The van der Waals surface area contributed by atoms with Crippen LogP contribution in [-0.4, -0.2) is 144 Å². The van der Waals surface area contributed by atoms with Crippen molar-refractivity contribution >= 4 is 70.4 Å². The summed E-state index contributed by atoms with van der Waals surface area (Å²) in [5.74, 6) is 0.329. The van der Waals surface area contributed by atoms with E-state index in [-0.39, 0.29) is 169 Å². The smallest absolute Gasteiger partial charge is 0.233 e. The molecule has 2 N–H and O–H groups in total. The summed E-state index contributed by atoms with van der Waals surface area (Å²) in [6, 6.07) is 0. The number of Topliss-reactive ketones (excluding diaryl/α,β-unsaturated/α-hetero) is 4. The van der Waals surface area contributed by atoms with Crippen LogP contribution in [0.4, 0.5) is 0 Å². The zero-order chi connectivity index (χ0) is 60.7. The van der Waals surface area contributed by atoms with Gasteiger partial charge in [-0.05, 0) is 42.9 Å². The van der Waals surface area contributed by atoms with E-state index >= 15 is 0 Å². The van der Waals surface area contributed by atoms with Crippen molar-refractivity contribution in [1.82, 2.24) is 25.3 Å². The number of carbonyl (C=O) groups is 12. The molecular weight excluding hydrogens is 1010 g/mol. The molecule has 8 amide bonds. The molecule has 79 heavy (non-hydrogen) atoms. The van der Waals surface area contributed by atoms with Crippen LogP contribution in [0, 0.1) is 65.1 Å². The minimum atomic E-state index is -0.271.